The summed E-state index contributed by atoms with van der Waals surface area (Å²) < 4.78 is 5.40. The number of benzene rings is 1. The van der Waals surface area contributed by atoms with Gasteiger partial charge in [0.1, 0.15) is 5.75 Å². The number of rotatable bonds is 8. The largest absolute Gasteiger partial charge is 0.497 e. The molecule has 26 heavy (non-hydrogen) atoms. The fourth-order valence-electron chi connectivity index (χ4n) is 3.70. The maximum absolute atomic E-state index is 12.5. The Labute approximate surface area is 166 Å². The number of nitrogens with zero attached hydrogens (tertiary/aromatic N) is 1. The molecule has 1 saturated carbocycles. The topological polar surface area (TPSA) is 67.6 Å². The number of amides is 1. The van der Waals surface area contributed by atoms with Gasteiger partial charge in [-0.15, -0.1) is 12.4 Å². The summed E-state index contributed by atoms with van der Waals surface area (Å²) in [7, 11) is 1.69. The Balaban J connectivity index is 0.00000243. The van der Waals surface area contributed by atoms with Crippen LogP contribution in [-0.2, 0) is 4.79 Å². The van der Waals surface area contributed by atoms with Crippen molar-refractivity contribution >= 4 is 30.1 Å². The molecule has 1 aliphatic heterocycles. The molecule has 7 heteroatoms. The monoisotopic (exact) mass is 399 g/mol. The standard InChI is InChI=1S/C19H29N3O2S.ClH/c1-24-15-5-3-4-13(12-15)18-17(8-10-22(18)14-6-7-14)21-19(23)16(20)9-11-25-2;/h3-5,12,14,16-18H,6-11,20H2,1-2H3,(H,21,23);1H. The van der Waals surface area contributed by atoms with Gasteiger partial charge in [-0.3, -0.25) is 9.69 Å². The Morgan fingerprint density at radius 2 is 2.19 bits per heavy atom. The SMILES string of the molecule is COc1cccc(C2C(NC(=O)C(N)CCSC)CCN2C2CC2)c1.Cl. The average Bonchev–Trinajstić information content (AvgIpc) is 3.40. The second-order valence-corrected chi connectivity index (χ2v) is 7.97. The zero-order chi connectivity index (χ0) is 17.8. The number of carbonyl (C=O) groups excluding carboxylic acids is 1. The molecule has 3 unspecified atom stereocenters. The highest BCUT2D eigenvalue weighted by Gasteiger charge is 2.43. The highest BCUT2D eigenvalue weighted by molar-refractivity contribution is 7.98. The van der Waals surface area contributed by atoms with Crippen LogP contribution in [-0.4, -0.2) is 54.6 Å². The molecule has 1 heterocycles. The van der Waals surface area contributed by atoms with Crippen LogP contribution in [0.5, 0.6) is 5.75 Å². The summed E-state index contributed by atoms with van der Waals surface area (Å²) in [5.74, 6) is 1.75. The lowest BCUT2D eigenvalue weighted by Gasteiger charge is -2.30. The van der Waals surface area contributed by atoms with Gasteiger partial charge in [-0.1, -0.05) is 12.1 Å². The molecule has 1 saturated heterocycles. The quantitative estimate of drug-likeness (QED) is 0.703. The first-order chi connectivity index (χ1) is 12.1. The third kappa shape index (κ3) is 5.06. The van der Waals surface area contributed by atoms with E-state index in [0.717, 1.165) is 30.9 Å². The third-order valence-electron chi connectivity index (χ3n) is 5.19. The minimum atomic E-state index is -0.423. The lowest BCUT2D eigenvalue weighted by Crippen LogP contribution is -2.47. The fraction of sp³-hybridized carbons (Fsp3) is 0.632. The van der Waals surface area contributed by atoms with Crippen molar-refractivity contribution in [2.45, 2.75) is 49.9 Å². The van der Waals surface area contributed by atoms with E-state index >= 15 is 0 Å². The maximum atomic E-state index is 12.5. The number of ether oxygens (including phenoxy) is 1. The second-order valence-electron chi connectivity index (χ2n) is 6.98. The van der Waals surface area contributed by atoms with E-state index in [1.165, 1.54) is 18.4 Å². The Bertz CT molecular complexity index is 600. The first-order valence-corrected chi connectivity index (χ1v) is 10.5. The van der Waals surface area contributed by atoms with Crippen LogP contribution in [0.15, 0.2) is 24.3 Å². The van der Waals surface area contributed by atoms with E-state index in [1.807, 2.05) is 18.4 Å². The molecule has 0 radical (unpaired) electrons. The number of carbonyl (C=O) groups is 1. The zero-order valence-electron chi connectivity index (χ0n) is 15.5. The average molecular weight is 400 g/mol. The van der Waals surface area contributed by atoms with Gasteiger partial charge in [0.15, 0.2) is 0 Å². The second kappa shape index (κ2) is 9.83. The first kappa shape index (κ1) is 21.4. The number of likely N-dealkylation sites (tertiary alicyclic amines) is 1. The number of nitrogens with two attached hydrogens (primary N) is 1. The third-order valence-corrected chi connectivity index (χ3v) is 5.83. The van der Waals surface area contributed by atoms with Crippen LogP contribution in [0.1, 0.15) is 37.3 Å². The number of halogens is 1. The summed E-state index contributed by atoms with van der Waals surface area (Å²) in [6.45, 7) is 1.03. The van der Waals surface area contributed by atoms with Gasteiger partial charge in [0.25, 0.3) is 0 Å². The molecule has 0 spiro atoms. The van der Waals surface area contributed by atoms with Gasteiger partial charge >= 0.3 is 0 Å². The van der Waals surface area contributed by atoms with E-state index in [4.69, 9.17) is 10.5 Å². The lowest BCUT2D eigenvalue weighted by molar-refractivity contribution is -0.123. The van der Waals surface area contributed by atoms with Crippen molar-refractivity contribution < 1.29 is 9.53 Å². The molecular formula is C19H30ClN3O2S. The van der Waals surface area contributed by atoms with Crippen LogP contribution in [0.3, 0.4) is 0 Å². The Kier molecular flexibility index (Phi) is 8.07. The number of hydrogen-bond donors (Lipinski definition) is 2. The molecule has 2 fully saturated rings. The van der Waals surface area contributed by atoms with Crippen molar-refractivity contribution in [2.24, 2.45) is 5.73 Å². The molecular weight excluding hydrogens is 370 g/mol. The van der Waals surface area contributed by atoms with E-state index in [0.29, 0.717) is 6.04 Å². The molecule has 0 bridgehead atoms. The Hall–Kier alpha value is -0.950. The van der Waals surface area contributed by atoms with E-state index in [2.05, 4.69) is 22.3 Å². The van der Waals surface area contributed by atoms with Gasteiger partial charge in [0.05, 0.1) is 19.2 Å². The molecule has 5 nitrogen and oxygen atoms in total. The predicted molar refractivity (Wildman–Crippen MR) is 110 cm³/mol. The highest BCUT2D eigenvalue weighted by Crippen LogP contribution is 2.41. The van der Waals surface area contributed by atoms with Crippen molar-refractivity contribution in [2.75, 3.05) is 25.7 Å². The van der Waals surface area contributed by atoms with Crippen molar-refractivity contribution in [3.8, 4) is 5.75 Å². The van der Waals surface area contributed by atoms with Crippen LogP contribution < -0.4 is 15.8 Å². The summed E-state index contributed by atoms with van der Waals surface area (Å²) in [6.07, 6.45) is 6.24. The van der Waals surface area contributed by atoms with Gasteiger partial charge in [-0.25, -0.2) is 0 Å². The Morgan fingerprint density at radius 3 is 2.85 bits per heavy atom. The molecule has 146 valence electrons. The molecule has 3 N–H and O–H groups in total. The van der Waals surface area contributed by atoms with Gasteiger partial charge in [-0.05, 0) is 55.4 Å². The van der Waals surface area contributed by atoms with E-state index in [-0.39, 0.29) is 30.4 Å². The van der Waals surface area contributed by atoms with Gasteiger partial charge in [-0.2, -0.15) is 11.8 Å². The highest BCUT2D eigenvalue weighted by atomic mass is 35.5. The molecule has 1 aromatic carbocycles. The molecule has 2 aliphatic rings. The van der Waals surface area contributed by atoms with Gasteiger partial charge in [0, 0.05) is 18.6 Å². The molecule has 3 atom stereocenters. The first-order valence-electron chi connectivity index (χ1n) is 9.08. The molecule has 1 aliphatic carbocycles. The smallest absolute Gasteiger partial charge is 0.237 e. The van der Waals surface area contributed by atoms with Crippen LogP contribution in [0.25, 0.3) is 0 Å². The van der Waals surface area contributed by atoms with E-state index in [1.54, 1.807) is 18.9 Å². The molecule has 3 rings (SSSR count). The number of thioether (sulfide) groups is 1. The minimum Gasteiger partial charge on any atom is -0.497 e. The van der Waals surface area contributed by atoms with Crippen molar-refractivity contribution in [3.63, 3.8) is 0 Å². The van der Waals surface area contributed by atoms with Gasteiger partial charge in [0.2, 0.25) is 5.91 Å². The van der Waals surface area contributed by atoms with Gasteiger partial charge < -0.3 is 15.8 Å². The van der Waals surface area contributed by atoms with Crippen LogP contribution >= 0.6 is 24.2 Å². The summed E-state index contributed by atoms with van der Waals surface area (Å²) in [5, 5.41) is 3.23. The van der Waals surface area contributed by atoms with Crippen molar-refractivity contribution in [3.05, 3.63) is 29.8 Å². The number of hydrogen-bond acceptors (Lipinski definition) is 5. The minimum absolute atomic E-state index is 0. The number of methoxy groups -OCH3 is 1. The Morgan fingerprint density at radius 1 is 1.42 bits per heavy atom. The summed E-state index contributed by atoms with van der Waals surface area (Å²) in [5.41, 5.74) is 7.27. The maximum Gasteiger partial charge on any atom is 0.237 e. The van der Waals surface area contributed by atoms with E-state index in [9.17, 15) is 4.79 Å². The van der Waals surface area contributed by atoms with Crippen LogP contribution in [0, 0.1) is 0 Å². The summed E-state index contributed by atoms with van der Waals surface area (Å²) >= 11 is 1.72. The van der Waals surface area contributed by atoms with Crippen LogP contribution in [0.4, 0.5) is 0 Å². The van der Waals surface area contributed by atoms with E-state index < -0.39 is 6.04 Å². The summed E-state index contributed by atoms with van der Waals surface area (Å²) in [6, 6.07) is 8.78. The normalized spacial score (nSPS) is 24.0. The predicted octanol–water partition coefficient (Wildman–Crippen LogP) is 2.59. The molecule has 0 aromatic heterocycles. The number of nitrogens with one attached hydrogen (secondary N) is 1. The summed E-state index contributed by atoms with van der Waals surface area (Å²) in [4.78, 5) is 15.1. The fourth-order valence-corrected chi connectivity index (χ4v) is 4.19. The molecule has 1 aromatic rings. The molecule has 1 amide bonds. The van der Waals surface area contributed by atoms with Crippen molar-refractivity contribution in [1.82, 2.24) is 10.2 Å². The zero-order valence-corrected chi connectivity index (χ0v) is 17.2. The van der Waals surface area contributed by atoms with Crippen LogP contribution in [0.2, 0.25) is 0 Å². The van der Waals surface area contributed by atoms with Crippen molar-refractivity contribution in [1.29, 1.82) is 0 Å². The lowest BCUT2D eigenvalue weighted by atomic mass is 9.99.